The van der Waals surface area contributed by atoms with E-state index in [1.54, 1.807) is 11.0 Å². The molecule has 0 unspecified atom stereocenters. The van der Waals surface area contributed by atoms with Gasteiger partial charge in [0.05, 0.1) is 15.9 Å². The first-order valence-electron chi connectivity index (χ1n) is 10.7. The van der Waals surface area contributed by atoms with Crippen molar-refractivity contribution < 1.29 is 13.2 Å². The third-order valence-corrected chi connectivity index (χ3v) is 8.33. The molecule has 1 amide bonds. The number of nitrogens with zero attached hydrogens (tertiary/aromatic N) is 4. The molecule has 0 spiro atoms. The fraction of sp³-hybridized carbons (Fsp3) is 0.391. The van der Waals surface area contributed by atoms with Gasteiger partial charge in [-0.2, -0.15) is 4.31 Å². The van der Waals surface area contributed by atoms with Gasteiger partial charge in [0.25, 0.3) is 0 Å². The van der Waals surface area contributed by atoms with E-state index in [9.17, 15) is 13.2 Å². The molecule has 5 rings (SSSR count). The molecule has 1 saturated heterocycles. The van der Waals surface area contributed by atoms with E-state index in [2.05, 4.69) is 4.98 Å². The lowest BCUT2D eigenvalue weighted by Crippen LogP contribution is -2.51. The summed E-state index contributed by atoms with van der Waals surface area (Å²) in [6, 6.07) is 13.3. The predicted molar refractivity (Wildman–Crippen MR) is 118 cm³/mol. The number of para-hydroxylation sites is 2. The van der Waals surface area contributed by atoms with Crippen molar-refractivity contribution in [1.29, 1.82) is 0 Å². The van der Waals surface area contributed by atoms with Crippen LogP contribution in [0, 0.1) is 6.92 Å². The summed E-state index contributed by atoms with van der Waals surface area (Å²) < 4.78 is 29.7. The van der Waals surface area contributed by atoms with Crippen molar-refractivity contribution in [3.8, 4) is 0 Å². The number of hydrogen-bond acceptors (Lipinski definition) is 4. The van der Waals surface area contributed by atoms with Crippen LogP contribution in [0.3, 0.4) is 0 Å². The van der Waals surface area contributed by atoms with Gasteiger partial charge in [-0.1, -0.05) is 18.2 Å². The molecule has 2 aromatic carbocycles. The molecule has 0 radical (unpaired) electrons. The van der Waals surface area contributed by atoms with E-state index in [-0.39, 0.29) is 12.5 Å². The monoisotopic (exact) mass is 438 g/mol. The molecule has 8 heteroatoms. The van der Waals surface area contributed by atoms with Gasteiger partial charge >= 0.3 is 0 Å². The number of rotatable bonds is 4. The van der Waals surface area contributed by atoms with Gasteiger partial charge in [0.1, 0.15) is 12.4 Å². The smallest absolute Gasteiger partial charge is 0.243 e. The quantitative estimate of drug-likeness (QED) is 0.627. The average molecular weight is 439 g/mol. The Labute approximate surface area is 182 Å². The summed E-state index contributed by atoms with van der Waals surface area (Å²) in [6.07, 6.45) is 3.07. The molecule has 7 nitrogen and oxygen atoms in total. The van der Waals surface area contributed by atoms with Gasteiger partial charge in [0.2, 0.25) is 15.9 Å². The van der Waals surface area contributed by atoms with Crippen molar-refractivity contribution in [2.75, 3.05) is 26.2 Å². The zero-order valence-corrected chi connectivity index (χ0v) is 18.4. The van der Waals surface area contributed by atoms with Crippen LogP contribution in [0.25, 0.3) is 11.0 Å². The number of benzene rings is 2. The molecule has 1 aliphatic heterocycles. The normalized spacial score (nSPS) is 17.3. The maximum Gasteiger partial charge on any atom is 0.243 e. The van der Waals surface area contributed by atoms with Gasteiger partial charge in [-0.15, -0.1) is 0 Å². The average Bonchev–Trinajstić information content (AvgIpc) is 3.37. The van der Waals surface area contributed by atoms with Crippen molar-refractivity contribution >= 4 is 27.0 Å². The van der Waals surface area contributed by atoms with Crippen LogP contribution in [-0.2, 0) is 34.2 Å². The maximum atomic E-state index is 13.1. The lowest BCUT2D eigenvalue weighted by atomic mass is 10.1. The highest BCUT2D eigenvalue weighted by molar-refractivity contribution is 7.89. The largest absolute Gasteiger partial charge is 0.339 e. The van der Waals surface area contributed by atoms with E-state index in [4.69, 9.17) is 0 Å². The van der Waals surface area contributed by atoms with Crippen LogP contribution in [0.5, 0.6) is 0 Å². The van der Waals surface area contributed by atoms with E-state index in [1.807, 2.05) is 47.9 Å². The molecule has 0 atom stereocenters. The molecule has 1 aliphatic carbocycles. The first-order chi connectivity index (χ1) is 14.9. The van der Waals surface area contributed by atoms with Gasteiger partial charge in [-0.05, 0) is 61.6 Å². The van der Waals surface area contributed by atoms with Crippen molar-refractivity contribution in [3.05, 3.63) is 59.4 Å². The minimum absolute atomic E-state index is 0.0131. The topological polar surface area (TPSA) is 75.5 Å². The Morgan fingerprint density at radius 3 is 2.55 bits per heavy atom. The number of sulfonamides is 1. The first kappa shape index (κ1) is 20.2. The summed E-state index contributed by atoms with van der Waals surface area (Å²) in [5, 5.41) is 0. The highest BCUT2D eigenvalue weighted by Crippen LogP contribution is 2.27. The summed E-state index contributed by atoms with van der Waals surface area (Å²) in [4.78, 5) is 19.6. The fourth-order valence-corrected chi connectivity index (χ4v) is 6.14. The number of fused-ring (bicyclic) bond motifs is 2. The Morgan fingerprint density at radius 2 is 1.74 bits per heavy atom. The Hall–Kier alpha value is -2.71. The van der Waals surface area contributed by atoms with Gasteiger partial charge < -0.3 is 9.47 Å². The molecule has 1 fully saturated rings. The summed E-state index contributed by atoms with van der Waals surface area (Å²) in [6.45, 7) is 3.53. The van der Waals surface area contributed by atoms with Crippen LogP contribution in [0.15, 0.2) is 47.4 Å². The number of aryl methyl sites for hydroxylation is 3. The highest BCUT2D eigenvalue weighted by atomic mass is 32.2. The molecule has 3 aromatic rings. The summed E-state index contributed by atoms with van der Waals surface area (Å²) >= 11 is 0. The zero-order chi connectivity index (χ0) is 21.6. The van der Waals surface area contributed by atoms with Crippen LogP contribution in [-0.4, -0.2) is 59.3 Å². The minimum atomic E-state index is -3.54. The summed E-state index contributed by atoms with van der Waals surface area (Å²) in [7, 11) is -3.54. The number of amides is 1. The Morgan fingerprint density at radius 1 is 1.00 bits per heavy atom. The summed E-state index contributed by atoms with van der Waals surface area (Å²) in [5.74, 6) is 0.785. The Balaban J connectivity index is 1.26. The molecule has 2 aliphatic rings. The standard InChI is InChI=1S/C23H26N4O3S/c1-17-24-21-7-2-3-8-22(21)27(17)16-23(28)25-11-13-26(14-12-25)31(29,30)20-10-9-18-5-4-6-19(18)15-20/h2-3,7-10,15H,4-6,11-14,16H2,1H3. The zero-order valence-electron chi connectivity index (χ0n) is 17.6. The lowest BCUT2D eigenvalue weighted by molar-refractivity contribution is -0.133. The second-order valence-electron chi connectivity index (χ2n) is 8.30. The number of hydrogen-bond donors (Lipinski definition) is 0. The molecular formula is C23H26N4O3S. The molecule has 0 bridgehead atoms. The van der Waals surface area contributed by atoms with Gasteiger partial charge in [-0.25, -0.2) is 13.4 Å². The first-order valence-corrected chi connectivity index (χ1v) is 12.2. The number of imidazole rings is 1. The van der Waals surface area contributed by atoms with Crippen LogP contribution < -0.4 is 0 Å². The Kier molecular flexibility index (Phi) is 5.06. The fourth-order valence-electron chi connectivity index (χ4n) is 4.67. The Bertz CT molecular complexity index is 1260. The van der Waals surface area contributed by atoms with Gasteiger partial charge in [0.15, 0.2) is 0 Å². The van der Waals surface area contributed by atoms with E-state index in [0.29, 0.717) is 31.1 Å². The van der Waals surface area contributed by atoms with E-state index in [1.165, 1.54) is 9.87 Å². The van der Waals surface area contributed by atoms with Crippen molar-refractivity contribution in [1.82, 2.24) is 18.8 Å². The van der Waals surface area contributed by atoms with E-state index >= 15 is 0 Å². The van der Waals surface area contributed by atoms with Crippen molar-refractivity contribution in [2.45, 2.75) is 37.6 Å². The third kappa shape index (κ3) is 3.64. The molecule has 2 heterocycles. The SMILES string of the molecule is Cc1nc2ccccc2n1CC(=O)N1CCN(S(=O)(=O)c2ccc3c(c2)CCC3)CC1. The van der Waals surface area contributed by atoms with Gasteiger partial charge in [-0.3, -0.25) is 4.79 Å². The number of carbonyl (C=O) groups excluding carboxylic acids is 1. The lowest BCUT2D eigenvalue weighted by Gasteiger charge is -2.34. The van der Waals surface area contributed by atoms with E-state index < -0.39 is 10.0 Å². The maximum absolute atomic E-state index is 13.1. The van der Waals surface area contributed by atoms with Crippen LogP contribution in [0.1, 0.15) is 23.4 Å². The predicted octanol–water partition coefficient (Wildman–Crippen LogP) is 2.37. The third-order valence-electron chi connectivity index (χ3n) is 6.44. The molecular weight excluding hydrogens is 412 g/mol. The molecule has 0 saturated carbocycles. The highest BCUT2D eigenvalue weighted by Gasteiger charge is 2.31. The second-order valence-corrected chi connectivity index (χ2v) is 10.2. The van der Waals surface area contributed by atoms with Crippen LogP contribution in [0.2, 0.25) is 0 Å². The molecule has 162 valence electrons. The second kappa shape index (κ2) is 7.76. The van der Waals surface area contributed by atoms with Gasteiger partial charge in [0, 0.05) is 26.2 Å². The number of carbonyl (C=O) groups is 1. The molecule has 1 aromatic heterocycles. The van der Waals surface area contributed by atoms with Crippen molar-refractivity contribution in [3.63, 3.8) is 0 Å². The van der Waals surface area contributed by atoms with Crippen LogP contribution in [0.4, 0.5) is 0 Å². The minimum Gasteiger partial charge on any atom is -0.339 e. The summed E-state index contributed by atoms with van der Waals surface area (Å²) in [5.41, 5.74) is 4.22. The molecule has 31 heavy (non-hydrogen) atoms. The van der Waals surface area contributed by atoms with Crippen LogP contribution >= 0.6 is 0 Å². The number of aromatic nitrogens is 2. The van der Waals surface area contributed by atoms with Crippen molar-refractivity contribution in [2.24, 2.45) is 0 Å². The van der Waals surface area contributed by atoms with E-state index in [0.717, 1.165) is 41.7 Å². The number of piperazine rings is 1. The molecule has 0 N–H and O–H groups in total.